The quantitative estimate of drug-likeness (QED) is 0.789. The van der Waals surface area contributed by atoms with Gasteiger partial charge in [-0.15, -0.1) is 0 Å². The lowest BCUT2D eigenvalue weighted by atomic mass is 10.1. The number of nitrogens with one attached hydrogen (secondary N) is 1. The summed E-state index contributed by atoms with van der Waals surface area (Å²) in [5.41, 5.74) is 2.39. The van der Waals surface area contributed by atoms with E-state index in [-0.39, 0.29) is 23.6 Å². The normalized spacial score (nSPS) is 19.1. The summed E-state index contributed by atoms with van der Waals surface area (Å²) < 4.78 is 23.5. The van der Waals surface area contributed by atoms with Crippen LogP contribution in [0.2, 0.25) is 0 Å². The Balaban J connectivity index is 1.91. The molecule has 6 nitrogen and oxygen atoms in total. The number of rotatable bonds is 7. The summed E-state index contributed by atoms with van der Waals surface area (Å²) in [5, 5.41) is 2.95. The first-order valence-corrected chi connectivity index (χ1v) is 10.5. The molecule has 1 fully saturated rings. The van der Waals surface area contributed by atoms with Gasteiger partial charge < -0.3 is 15.1 Å². The third kappa shape index (κ3) is 6.32. The molecular formula is C18H29N3O3S. The van der Waals surface area contributed by atoms with Crippen molar-refractivity contribution in [3.8, 4) is 0 Å². The standard InChI is InChI=1S/C18H29N3O3S/c1-15-4-6-16(7-5-15)8-10-19-18(22)21(12-11-20(2)3)17-9-13-25(23,24)14-17/h4-7,17H,8-14H2,1-3H3,(H,19,22). The molecular weight excluding hydrogens is 338 g/mol. The molecule has 1 aliphatic heterocycles. The molecule has 1 aliphatic rings. The third-order valence-corrected chi connectivity index (χ3v) is 6.26. The first-order valence-electron chi connectivity index (χ1n) is 8.72. The number of benzene rings is 1. The van der Waals surface area contributed by atoms with Crippen molar-refractivity contribution in [3.05, 3.63) is 35.4 Å². The van der Waals surface area contributed by atoms with Gasteiger partial charge in [0.1, 0.15) is 0 Å². The fraction of sp³-hybridized carbons (Fsp3) is 0.611. The number of nitrogens with zero attached hydrogens (tertiary/aromatic N) is 2. The van der Waals surface area contributed by atoms with Gasteiger partial charge in [0.25, 0.3) is 0 Å². The molecule has 1 atom stereocenters. The number of urea groups is 1. The number of aryl methyl sites for hydroxylation is 1. The lowest BCUT2D eigenvalue weighted by Crippen LogP contribution is -2.49. The molecule has 0 radical (unpaired) electrons. The molecule has 25 heavy (non-hydrogen) atoms. The van der Waals surface area contributed by atoms with Gasteiger partial charge in [-0.2, -0.15) is 0 Å². The second-order valence-electron chi connectivity index (χ2n) is 7.02. The van der Waals surface area contributed by atoms with Crippen molar-refractivity contribution in [1.29, 1.82) is 0 Å². The maximum Gasteiger partial charge on any atom is 0.317 e. The van der Waals surface area contributed by atoms with Crippen LogP contribution in [0.25, 0.3) is 0 Å². The Hall–Kier alpha value is -1.60. The molecule has 7 heteroatoms. The molecule has 1 unspecified atom stereocenters. The number of sulfone groups is 1. The number of hydrogen-bond donors (Lipinski definition) is 1. The van der Waals surface area contributed by atoms with Crippen molar-refractivity contribution >= 4 is 15.9 Å². The van der Waals surface area contributed by atoms with E-state index in [2.05, 4.69) is 29.6 Å². The lowest BCUT2D eigenvalue weighted by molar-refractivity contribution is 0.173. The summed E-state index contributed by atoms with van der Waals surface area (Å²) in [4.78, 5) is 16.3. The molecule has 1 heterocycles. The van der Waals surface area contributed by atoms with Crippen LogP contribution in [0.3, 0.4) is 0 Å². The minimum absolute atomic E-state index is 0.0752. The zero-order chi connectivity index (χ0) is 18.4. The van der Waals surface area contributed by atoms with E-state index in [0.29, 0.717) is 26.1 Å². The van der Waals surface area contributed by atoms with Crippen molar-refractivity contribution in [3.63, 3.8) is 0 Å². The van der Waals surface area contributed by atoms with Gasteiger partial charge in [0.15, 0.2) is 9.84 Å². The van der Waals surface area contributed by atoms with Crippen LogP contribution in [-0.2, 0) is 16.3 Å². The van der Waals surface area contributed by atoms with E-state index in [1.165, 1.54) is 11.1 Å². The Bertz CT molecular complexity index is 671. The summed E-state index contributed by atoms with van der Waals surface area (Å²) in [6, 6.07) is 7.86. The van der Waals surface area contributed by atoms with E-state index in [1.807, 2.05) is 25.9 Å². The SMILES string of the molecule is Cc1ccc(CCNC(=O)N(CCN(C)C)C2CCS(=O)(=O)C2)cc1. The van der Waals surface area contributed by atoms with Gasteiger partial charge in [-0.1, -0.05) is 29.8 Å². The number of carbonyl (C=O) groups excluding carboxylic acids is 1. The largest absolute Gasteiger partial charge is 0.338 e. The Morgan fingerprint density at radius 2 is 1.88 bits per heavy atom. The van der Waals surface area contributed by atoms with Crippen molar-refractivity contribution in [2.75, 3.05) is 45.2 Å². The lowest BCUT2D eigenvalue weighted by Gasteiger charge is -2.29. The Kier molecular flexibility index (Phi) is 6.84. The zero-order valence-electron chi connectivity index (χ0n) is 15.4. The van der Waals surface area contributed by atoms with Gasteiger partial charge in [0.2, 0.25) is 0 Å². The van der Waals surface area contributed by atoms with E-state index in [9.17, 15) is 13.2 Å². The predicted molar refractivity (Wildman–Crippen MR) is 101 cm³/mol. The molecule has 1 aromatic carbocycles. The topological polar surface area (TPSA) is 69.7 Å². The fourth-order valence-corrected chi connectivity index (χ4v) is 4.68. The average molecular weight is 368 g/mol. The van der Waals surface area contributed by atoms with Crippen LogP contribution in [0.5, 0.6) is 0 Å². The van der Waals surface area contributed by atoms with E-state index >= 15 is 0 Å². The van der Waals surface area contributed by atoms with Crippen molar-refractivity contribution in [2.24, 2.45) is 0 Å². The Morgan fingerprint density at radius 3 is 2.44 bits per heavy atom. The highest BCUT2D eigenvalue weighted by molar-refractivity contribution is 7.91. The second kappa shape index (κ2) is 8.67. The maximum absolute atomic E-state index is 12.6. The number of hydrogen-bond acceptors (Lipinski definition) is 4. The monoisotopic (exact) mass is 367 g/mol. The number of carbonyl (C=O) groups is 1. The second-order valence-corrected chi connectivity index (χ2v) is 9.25. The minimum atomic E-state index is -3.02. The molecule has 0 saturated carbocycles. The summed E-state index contributed by atoms with van der Waals surface area (Å²) in [6.07, 6.45) is 1.29. The average Bonchev–Trinajstić information content (AvgIpc) is 2.89. The summed E-state index contributed by atoms with van der Waals surface area (Å²) in [6.45, 7) is 3.83. The van der Waals surface area contributed by atoms with Crippen LogP contribution in [0.1, 0.15) is 17.5 Å². The smallest absolute Gasteiger partial charge is 0.317 e. The summed E-state index contributed by atoms with van der Waals surface area (Å²) >= 11 is 0. The van der Waals surface area contributed by atoms with Gasteiger partial charge in [-0.3, -0.25) is 0 Å². The van der Waals surface area contributed by atoms with Crippen LogP contribution >= 0.6 is 0 Å². The van der Waals surface area contributed by atoms with Crippen LogP contribution in [-0.4, -0.2) is 75.5 Å². The molecule has 1 saturated heterocycles. The van der Waals surface area contributed by atoms with E-state index in [1.54, 1.807) is 4.90 Å². The Labute approximate surface area is 151 Å². The van der Waals surface area contributed by atoms with Crippen LogP contribution in [0.4, 0.5) is 4.79 Å². The highest BCUT2D eigenvalue weighted by Gasteiger charge is 2.34. The molecule has 0 aromatic heterocycles. The molecule has 1 aromatic rings. The molecule has 0 spiro atoms. The summed E-state index contributed by atoms with van der Waals surface area (Å²) in [7, 11) is 0.871. The predicted octanol–water partition coefficient (Wildman–Crippen LogP) is 1.30. The maximum atomic E-state index is 12.6. The van der Waals surface area contributed by atoms with Gasteiger partial charge in [0, 0.05) is 25.7 Å². The molecule has 1 N–H and O–H groups in total. The van der Waals surface area contributed by atoms with Gasteiger partial charge in [0.05, 0.1) is 11.5 Å². The minimum Gasteiger partial charge on any atom is -0.338 e. The molecule has 140 valence electrons. The fourth-order valence-electron chi connectivity index (χ4n) is 2.95. The first-order chi connectivity index (χ1) is 11.8. The van der Waals surface area contributed by atoms with Gasteiger partial charge >= 0.3 is 6.03 Å². The van der Waals surface area contributed by atoms with Crippen LogP contribution < -0.4 is 5.32 Å². The highest BCUT2D eigenvalue weighted by atomic mass is 32.2. The van der Waals surface area contributed by atoms with Crippen molar-refractivity contribution in [1.82, 2.24) is 15.1 Å². The molecule has 2 amide bonds. The van der Waals surface area contributed by atoms with Crippen LogP contribution in [0.15, 0.2) is 24.3 Å². The van der Waals surface area contributed by atoms with Crippen LogP contribution in [0, 0.1) is 6.92 Å². The third-order valence-electron chi connectivity index (χ3n) is 4.51. The zero-order valence-corrected chi connectivity index (χ0v) is 16.2. The van der Waals surface area contributed by atoms with E-state index in [0.717, 1.165) is 6.42 Å². The first kappa shape index (κ1) is 19.7. The molecule has 2 rings (SSSR count). The van der Waals surface area contributed by atoms with Gasteiger partial charge in [-0.25, -0.2) is 13.2 Å². The van der Waals surface area contributed by atoms with E-state index < -0.39 is 9.84 Å². The number of amides is 2. The summed E-state index contributed by atoms with van der Waals surface area (Å²) in [5.74, 6) is 0.249. The van der Waals surface area contributed by atoms with Gasteiger partial charge in [-0.05, 0) is 39.4 Å². The number of likely N-dealkylation sites (N-methyl/N-ethyl adjacent to an activating group) is 1. The molecule has 0 bridgehead atoms. The molecule has 0 aliphatic carbocycles. The Morgan fingerprint density at radius 1 is 1.20 bits per heavy atom. The van der Waals surface area contributed by atoms with E-state index in [4.69, 9.17) is 0 Å². The van der Waals surface area contributed by atoms with Crippen molar-refractivity contribution < 1.29 is 13.2 Å². The highest BCUT2D eigenvalue weighted by Crippen LogP contribution is 2.18. The van der Waals surface area contributed by atoms with Crippen molar-refractivity contribution in [2.45, 2.75) is 25.8 Å².